The highest BCUT2D eigenvalue weighted by Gasteiger charge is 2.41. The minimum Gasteiger partial charge on any atom is -0.416 e. The van der Waals surface area contributed by atoms with Crippen LogP contribution in [-0.2, 0) is 17.1 Å². The van der Waals surface area contributed by atoms with E-state index in [4.69, 9.17) is 4.43 Å². The van der Waals surface area contributed by atoms with Gasteiger partial charge in [-0.05, 0) is 35.3 Å². The first-order chi connectivity index (χ1) is 14.4. The first-order valence-electron chi connectivity index (χ1n) is 10.9. The molecule has 0 unspecified atom stereocenters. The fourth-order valence-corrected chi connectivity index (χ4v) is 5.02. The molecule has 6 heteroatoms. The summed E-state index contributed by atoms with van der Waals surface area (Å²) in [6.45, 7) is 14.0. The van der Waals surface area contributed by atoms with Crippen molar-refractivity contribution in [3.8, 4) is 0 Å². The van der Waals surface area contributed by atoms with Gasteiger partial charge in [0.05, 0.1) is 5.56 Å². The molecule has 2 aromatic rings. The Morgan fingerprint density at radius 2 is 1.65 bits per heavy atom. The summed E-state index contributed by atoms with van der Waals surface area (Å²) in [6, 6.07) is 16.1. The van der Waals surface area contributed by atoms with Gasteiger partial charge in [0.15, 0.2) is 8.32 Å². The highest BCUT2D eigenvalue weighted by atomic mass is 28.4. The molecule has 31 heavy (non-hydrogen) atoms. The van der Waals surface area contributed by atoms with Crippen molar-refractivity contribution in [1.29, 1.82) is 0 Å². The van der Waals surface area contributed by atoms with Crippen LogP contribution in [0, 0.1) is 5.92 Å². The van der Waals surface area contributed by atoms with E-state index in [1.54, 1.807) is 0 Å². The normalized spacial score (nSPS) is 20.9. The van der Waals surface area contributed by atoms with Crippen LogP contribution >= 0.6 is 0 Å². The molecule has 1 aliphatic rings. The van der Waals surface area contributed by atoms with Crippen molar-refractivity contribution in [2.45, 2.75) is 57.5 Å². The Balaban J connectivity index is 1.82. The third-order valence-corrected chi connectivity index (χ3v) is 11.4. The van der Waals surface area contributed by atoms with Crippen molar-refractivity contribution in [2.75, 3.05) is 19.7 Å². The van der Waals surface area contributed by atoms with Crippen LogP contribution in [0.25, 0.3) is 0 Å². The summed E-state index contributed by atoms with van der Waals surface area (Å²) in [5.41, 5.74) is 1.40. The number of benzene rings is 2. The Kier molecular flexibility index (Phi) is 7.04. The molecule has 0 aliphatic carbocycles. The van der Waals surface area contributed by atoms with Gasteiger partial charge in [-0.3, -0.25) is 4.90 Å². The Hall–Kier alpha value is -1.63. The maximum Gasteiger partial charge on any atom is 0.416 e. The van der Waals surface area contributed by atoms with Gasteiger partial charge < -0.3 is 4.43 Å². The quantitative estimate of drug-likeness (QED) is 0.443. The topological polar surface area (TPSA) is 12.5 Å². The maximum absolute atomic E-state index is 13.3. The van der Waals surface area contributed by atoms with Crippen molar-refractivity contribution in [2.24, 2.45) is 5.92 Å². The molecular formula is C25H34F3NOSi. The average Bonchev–Trinajstić information content (AvgIpc) is 3.08. The minimum absolute atomic E-state index is 0.0239. The number of rotatable bonds is 6. The molecule has 3 rings (SSSR count). The Morgan fingerprint density at radius 1 is 0.968 bits per heavy atom. The smallest absolute Gasteiger partial charge is 0.416 e. The zero-order chi connectivity index (χ0) is 22.9. The summed E-state index contributed by atoms with van der Waals surface area (Å²) in [6.07, 6.45) is -4.33. The summed E-state index contributed by atoms with van der Waals surface area (Å²) in [4.78, 5) is 2.35. The van der Waals surface area contributed by atoms with Gasteiger partial charge in [0.2, 0.25) is 0 Å². The van der Waals surface area contributed by atoms with Gasteiger partial charge >= 0.3 is 6.18 Å². The Bertz CT molecular complexity index is 861. The van der Waals surface area contributed by atoms with E-state index in [0.717, 1.165) is 31.3 Å². The lowest BCUT2D eigenvalue weighted by Gasteiger charge is -2.37. The fourth-order valence-electron chi connectivity index (χ4n) is 3.96. The monoisotopic (exact) mass is 449 g/mol. The third-order valence-electron chi connectivity index (χ3n) is 6.87. The van der Waals surface area contributed by atoms with E-state index in [0.29, 0.717) is 6.61 Å². The molecule has 170 valence electrons. The predicted octanol–water partition coefficient (Wildman–Crippen LogP) is 6.94. The summed E-state index contributed by atoms with van der Waals surface area (Å²) in [5.74, 6) is 0.192. The highest BCUT2D eigenvalue weighted by molar-refractivity contribution is 6.74. The standard InChI is InChI=1S/C25H34F3NOSi/c1-24(2,3)31(4,5)30-18-21-16-29(15-19-10-7-6-8-11-19)17-23(21)20-12-9-13-22(14-20)25(26,27)28/h6-14,21,23H,15-18H2,1-5H3/t21-,23-/m1/s1. The van der Waals surface area contributed by atoms with E-state index >= 15 is 0 Å². The van der Waals surface area contributed by atoms with Crippen molar-refractivity contribution < 1.29 is 17.6 Å². The third kappa shape index (κ3) is 5.99. The van der Waals surface area contributed by atoms with Crippen LogP contribution in [0.4, 0.5) is 13.2 Å². The van der Waals surface area contributed by atoms with Crippen LogP contribution in [0.3, 0.4) is 0 Å². The fraction of sp³-hybridized carbons (Fsp3) is 0.520. The molecule has 0 bridgehead atoms. The van der Waals surface area contributed by atoms with E-state index in [1.165, 1.54) is 17.7 Å². The zero-order valence-corrected chi connectivity index (χ0v) is 20.2. The first kappa shape index (κ1) is 24.0. The number of halogens is 3. The van der Waals surface area contributed by atoms with Gasteiger partial charge in [0, 0.05) is 38.1 Å². The molecule has 0 aromatic heterocycles. The lowest BCUT2D eigenvalue weighted by molar-refractivity contribution is -0.137. The van der Waals surface area contributed by atoms with Gasteiger partial charge in [-0.25, -0.2) is 0 Å². The van der Waals surface area contributed by atoms with Crippen molar-refractivity contribution in [1.82, 2.24) is 4.90 Å². The van der Waals surface area contributed by atoms with E-state index in [9.17, 15) is 13.2 Å². The van der Waals surface area contributed by atoms with Crippen molar-refractivity contribution >= 4 is 8.32 Å². The summed E-state index contributed by atoms with van der Waals surface area (Å²) in [7, 11) is -1.94. The molecule has 2 nitrogen and oxygen atoms in total. The van der Waals surface area contributed by atoms with Crippen molar-refractivity contribution in [3.05, 3.63) is 71.3 Å². The SMILES string of the molecule is CC(C)(C)[Si](C)(C)OC[C@H]1CN(Cc2ccccc2)C[C@@H]1c1cccc(C(F)(F)F)c1. The molecule has 2 aromatic carbocycles. The minimum atomic E-state index is -4.33. The zero-order valence-electron chi connectivity index (χ0n) is 19.2. The second kappa shape index (κ2) is 9.08. The Morgan fingerprint density at radius 3 is 2.26 bits per heavy atom. The molecule has 0 N–H and O–H groups in total. The molecule has 1 aliphatic heterocycles. The molecule has 0 amide bonds. The second-order valence-electron chi connectivity index (χ2n) is 10.2. The summed E-state index contributed by atoms with van der Waals surface area (Å²) in [5, 5.41) is 0.0982. The molecule has 1 heterocycles. The Labute approximate surface area is 185 Å². The van der Waals surface area contributed by atoms with Gasteiger partial charge in [-0.15, -0.1) is 0 Å². The number of alkyl halides is 3. The maximum atomic E-state index is 13.3. The number of hydrogen-bond donors (Lipinski definition) is 0. The molecule has 0 saturated carbocycles. The van der Waals surface area contributed by atoms with E-state index < -0.39 is 20.1 Å². The van der Waals surface area contributed by atoms with Crippen LogP contribution < -0.4 is 0 Å². The van der Waals surface area contributed by atoms with Gasteiger partial charge in [0.1, 0.15) is 0 Å². The van der Waals surface area contributed by atoms with Gasteiger partial charge in [-0.2, -0.15) is 13.2 Å². The molecule has 2 atom stereocenters. The van der Waals surface area contributed by atoms with E-state index in [-0.39, 0.29) is 16.9 Å². The van der Waals surface area contributed by atoms with Crippen LogP contribution in [0.15, 0.2) is 54.6 Å². The average molecular weight is 450 g/mol. The largest absolute Gasteiger partial charge is 0.416 e. The van der Waals surface area contributed by atoms with Crippen LogP contribution in [0.1, 0.15) is 43.4 Å². The molecule has 1 fully saturated rings. The first-order valence-corrected chi connectivity index (χ1v) is 13.8. The van der Waals surface area contributed by atoms with Crippen LogP contribution in [0.5, 0.6) is 0 Å². The van der Waals surface area contributed by atoms with Crippen molar-refractivity contribution in [3.63, 3.8) is 0 Å². The molecule has 0 spiro atoms. The number of hydrogen-bond acceptors (Lipinski definition) is 2. The van der Waals surface area contributed by atoms with E-state index in [1.807, 2.05) is 24.3 Å². The summed E-state index contributed by atoms with van der Waals surface area (Å²) >= 11 is 0. The van der Waals surface area contributed by atoms with Crippen LogP contribution in [0.2, 0.25) is 18.1 Å². The van der Waals surface area contributed by atoms with Gasteiger partial charge in [0.25, 0.3) is 0 Å². The molecular weight excluding hydrogens is 415 g/mol. The van der Waals surface area contributed by atoms with E-state index in [2.05, 4.69) is 50.9 Å². The number of nitrogens with zero attached hydrogens (tertiary/aromatic N) is 1. The second-order valence-corrected chi connectivity index (χ2v) is 15.1. The number of likely N-dealkylation sites (tertiary alicyclic amines) is 1. The van der Waals surface area contributed by atoms with Gasteiger partial charge in [-0.1, -0.05) is 69.3 Å². The summed E-state index contributed by atoms with van der Waals surface area (Å²) < 4.78 is 46.5. The lowest BCUT2D eigenvalue weighted by atomic mass is 9.88. The van der Waals surface area contributed by atoms with Crippen LogP contribution in [-0.4, -0.2) is 32.9 Å². The molecule has 0 radical (unpaired) electrons. The highest BCUT2D eigenvalue weighted by Crippen LogP contribution is 2.40. The lowest BCUT2D eigenvalue weighted by Crippen LogP contribution is -2.42. The molecule has 1 saturated heterocycles. The predicted molar refractivity (Wildman–Crippen MR) is 123 cm³/mol.